The average Bonchev–Trinajstić information content (AvgIpc) is 3.11. The molecule has 1 fully saturated rings. The van der Waals surface area contributed by atoms with Crippen molar-refractivity contribution in [2.45, 2.75) is 12.8 Å². The zero-order chi connectivity index (χ0) is 19.3. The molecule has 2 aromatic rings. The van der Waals surface area contributed by atoms with Gasteiger partial charge in [0.1, 0.15) is 29.2 Å². The van der Waals surface area contributed by atoms with Crippen LogP contribution in [0.15, 0.2) is 35.8 Å². The molecule has 4 rings (SSSR count). The van der Waals surface area contributed by atoms with Crippen LogP contribution >= 0.6 is 0 Å². The first-order chi connectivity index (χ1) is 12.9. The van der Waals surface area contributed by atoms with Crippen LogP contribution in [0.3, 0.4) is 0 Å². The maximum absolute atomic E-state index is 12.0. The van der Waals surface area contributed by atoms with Crippen LogP contribution in [0.4, 0.5) is 17.3 Å². The number of fused-ring (bicyclic) bond motifs is 3. The highest BCUT2D eigenvalue weighted by Crippen LogP contribution is 2.48. The van der Waals surface area contributed by atoms with Gasteiger partial charge < -0.3 is 21.7 Å². The Morgan fingerprint density at radius 2 is 2.07 bits per heavy atom. The maximum atomic E-state index is 12.0. The first-order valence-electron chi connectivity index (χ1n) is 8.39. The van der Waals surface area contributed by atoms with E-state index in [2.05, 4.69) is 10.3 Å². The summed E-state index contributed by atoms with van der Waals surface area (Å²) in [6.07, 6.45) is 0. The van der Waals surface area contributed by atoms with Gasteiger partial charge in [-0.05, 0) is 12.5 Å². The van der Waals surface area contributed by atoms with E-state index in [4.69, 9.17) is 11.5 Å². The zero-order valence-corrected chi connectivity index (χ0v) is 14.6. The number of benzene rings is 1. The normalized spacial score (nSPS) is 17.8. The number of hydrogen-bond acceptors (Lipinski definition) is 8. The Hall–Kier alpha value is -3.80. The summed E-state index contributed by atoms with van der Waals surface area (Å²) >= 11 is 0. The molecular weight excluding hydrogens is 346 g/mol. The fraction of sp³-hybridized carbons (Fsp3) is 0.222. The van der Waals surface area contributed by atoms with Gasteiger partial charge in [0.25, 0.3) is 5.70 Å². The van der Waals surface area contributed by atoms with Crippen LogP contribution in [0.5, 0.6) is 0 Å². The maximum Gasteiger partial charge on any atom is 0.298 e. The minimum Gasteiger partial charge on any atom is -0.397 e. The van der Waals surface area contributed by atoms with Crippen LogP contribution in [0.2, 0.25) is 0 Å². The molecule has 2 aliphatic rings. The molecule has 0 bridgehead atoms. The van der Waals surface area contributed by atoms with Gasteiger partial charge in [-0.15, -0.1) is 0 Å². The highest BCUT2D eigenvalue weighted by atomic mass is 16.6. The smallest absolute Gasteiger partial charge is 0.298 e. The lowest BCUT2D eigenvalue weighted by Crippen LogP contribution is -2.34. The molecule has 0 radical (unpaired) electrons. The number of allylic oxidation sites excluding steroid dienone is 1. The third-order valence-corrected chi connectivity index (χ3v) is 4.96. The van der Waals surface area contributed by atoms with E-state index in [1.807, 2.05) is 37.3 Å². The number of nitro groups is 1. The lowest BCUT2D eigenvalue weighted by molar-refractivity contribution is -0.430. The predicted molar refractivity (Wildman–Crippen MR) is 100 cm³/mol. The summed E-state index contributed by atoms with van der Waals surface area (Å²) in [6.45, 7) is 2.97. The molecule has 3 heterocycles. The van der Waals surface area contributed by atoms with Crippen molar-refractivity contribution in [3.05, 3.63) is 68.2 Å². The van der Waals surface area contributed by atoms with Crippen molar-refractivity contribution in [2.75, 3.05) is 29.5 Å². The lowest BCUT2D eigenvalue weighted by atomic mass is 9.84. The number of pyridine rings is 1. The van der Waals surface area contributed by atoms with Gasteiger partial charge in [-0.1, -0.05) is 29.8 Å². The predicted octanol–water partition coefficient (Wildman–Crippen LogP) is 1.43. The number of nitrogen functional groups attached to an aromatic ring is 2. The van der Waals surface area contributed by atoms with Crippen molar-refractivity contribution in [1.29, 1.82) is 5.26 Å². The number of hydrogen-bond donors (Lipinski definition) is 3. The molecule has 1 aromatic heterocycles. The Morgan fingerprint density at radius 1 is 1.37 bits per heavy atom. The third-order valence-electron chi connectivity index (χ3n) is 4.96. The second kappa shape index (κ2) is 5.88. The molecule has 0 amide bonds. The Labute approximate surface area is 155 Å². The second-order valence-electron chi connectivity index (χ2n) is 6.55. The Morgan fingerprint density at radius 3 is 2.70 bits per heavy atom. The summed E-state index contributed by atoms with van der Waals surface area (Å²) in [5, 5.41) is 24.5. The minimum absolute atomic E-state index is 0.00832. The van der Waals surface area contributed by atoms with Crippen molar-refractivity contribution in [3.63, 3.8) is 0 Å². The van der Waals surface area contributed by atoms with E-state index in [-0.39, 0.29) is 22.8 Å². The van der Waals surface area contributed by atoms with Gasteiger partial charge in [-0.3, -0.25) is 10.1 Å². The number of nitrogens with two attached hydrogens (primary N) is 2. The van der Waals surface area contributed by atoms with Crippen molar-refractivity contribution >= 4 is 17.3 Å². The average molecular weight is 363 g/mol. The summed E-state index contributed by atoms with van der Waals surface area (Å²) in [4.78, 5) is 17.7. The fourth-order valence-corrected chi connectivity index (χ4v) is 3.71. The Balaban J connectivity index is 2.08. The van der Waals surface area contributed by atoms with Gasteiger partial charge in [-0.2, -0.15) is 5.26 Å². The van der Waals surface area contributed by atoms with Gasteiger partial charge in [0.15, 0.2) is 5.82 Å². The number of nitrogens with zero attached hydrogens (tertiary/aromatic N) is 4. The quantitative estimate of drug-likeness (QED) is 0.536. The van der Waals surface area contributed by atoms with E-state index in [1.54, 1.807) is 4.90 Å². The summed E-state index contributed by atoms with van der Waals surface area (Å²) in [7, 11) is 0. The molecule has 1 aromatic carbocycles. The van der Waals surface area contributed by atoms with E-state index >= 15 is 0 Å². The highest BCUT2D eigenvalue weighted by Gasteiger charge is 2.45. The monoisotopic (exact) mass is 363 g/mol. The summed E-state index contributed by atoms with van der Waals surface area (Å²) in [6, 6.07) is 9.41. The van der Waals surface area contributed by atoms with E-state index in [9.17, 15) is 15.4 Å². The molecule has 5 N–H and O–H groups in total. The molecule has 0 aliphatic carbocycles. The topological polar surface area (TPSA) is 147 Å². The minimum atomic E-state index is -0.757. The third kappa shape index (κ3) is 2.34. The van der Waals surface area contributed by atoms with E-state index < -0.39 is 10.8 Å². The van der Waals surface area contributed by atoms with Crippen molar-refractivity contribution in [1.82, 2.24) is 10.3 Å². The highest BCUT2D eigenvalue weighted by molar-refractivity contribution is 5.80. The van der Waals surface area contributed by atoms with Gasteiger partial charge in [0.05, 0.1) is 10.6 Å². The number of aryl methyl sites for hydroxylation is 1. The summed E-state index contributed by atoms with van der Waals surface area (Å²) in [5.41, 5.74) is 14.6. The van der Waals surface area contributed by atoms with Crippen LogP contribution in [0.25, 0.3) is 0 Å². The number of aromatic nitrogens is 1. The number of rotatable bonds is 2. The standard InChI is InChI=1S/C18H17N7O2/c1-9-2-4-10(5-3-9)12-13-14(20)11(8-19)16(21)23-17(13)24-7-6-22-18(24)15(12)25(26)27/h2-5,12,22H,6-7H2,1H3,(H4,20,21,23). The van der Waals surface area contributed by atoms with E-state index in [0.29, 0.717) is 35.9 Å². The fourth-order valence-electron chi connectivity index (χ4n) is 3.71. The summed E-state index contributed by atoms with van der Waals surface area (Å²) in [5.74, 6) is 0.120. The molecule has 2 aliphatic heterocycles. The van der Waals surface area contributed by atoms with Crippen molar-refractivity contribution in [2.24, 2.45) is 0 Å². The van der Waals surface area contributed by atoms with Crippen LogP contribution in [-0.4, -0.2) is 23.0 Å². The van der Waals surface area contributed by atoms with Crippen LogP contribution in [0.1, 0.15) is 28.2 Å². The molecule has 0 spiro atoms. The van der Waals surface area contributed by atoms with Crippen LogP contribution in [-0.2, 0) is 0 Å². The molecule has 1 saturated heterocycles. The molecule has 27 heavy (non-hydrogen) atoms. The zero-order valence-electron chi connectivity index (χ0n) is 14.6. The van der Waals surface area contributed by atoms with Crippen LogP contribution < -0.4 is 21.7 Å². The molecule has 9 nitrogen and oxygen atoms in total. The first-order valence-corrected chi connectivity index (χ1v) is 8.39. The SMILES string of the molecule is Cc1ccc(C2C([N+](=O)[O-])=C3NCCN3c3nc(N)c(C#N)c(N)c32)cc1. The molecule has 136 valence electrons. The Kier molecular flexibility index (Phi) is 3.63. The molecule has 9 heteroatoms. The number of anilines is 3. The van der Waals surface area contributed by atoms with Crippen LogP contribution in [0, 0.1) is 28.4 Å². The first kappa shape index (κ1) is 16.7. The van der Waals surface area contributed by atoms with Gasteiger partial charge in [0.2, 0.25) is 0 Å². The second-order valence-corrected chi connectivity index (χ2v) is 6.55. The molecule has 1 atom stereocenters. The summed E-state index contributed by atoms with van der Waals surface area (Å²) < 4.78 is 0. The van der Waals surface area contributed by atoms with E-state index in [1.165, 1.54) is 0 Å². The molecular formula is C18H17N7O2. The molecule has 0 saturated carbocycles. The van der Waals surface area contributed by atoms with E-state index in [0.717, 1.165) is 5.56 Å². The number of nitriles is 1. The van der Waals surface area contributed by atoms with Crippen molar-refractivity contribution in [3.8, 4) is 6.07 Å². The lowest BCUT2D eigenvalue weighted by Gasteiger charge is -2.31. The largest absolute Gasteiger partial charge is 0.397 e. The number of nitrogens with one attached hydrogen (secondary N) is 1. The van der Waals surface area contributed by atoms with Gasteiger partial charge in [-0.25, -0.2) is 4.98 Å². The Bertz CT molecular complexity index is 1040. The van der Waals surface area contributed by atoms with Crippen molar-refractivity contribution < 1.29 is 4.92 Å². The molecule has 1 unspecified atom stereocenters. The van der Waals surface area contributed by atoms with Gasteiger partial charge >= 0.3 is 0 Å². The van der Waals surface area contributed by atoms with Gasteiger partial charge in [0, 0.05) is 18.7 Å².